The van der Waals surface area contributed by atoms with Crippen molar-refractivity contribution >= 4 is 0 Å². The van der Waals surface area contributed by atoms with Crippen molar-refractivity contribution in [2.24, 2.45) is 0 Å². The van der Waals surface area contributed by atoms with Crippen molar-refractivity contribution in [3.05, 3.63) is 235 Å². The third kappa shape index (κ3) is 5.85. The summed E-state index contributed by atoms with van der Waals surface area (Å²) in [5.41, 5.74) is 11.3. The Bertz CT molecular complexity index is 2760. The average molecular weight is 718 g/mol. The van der Waals surface area contributed by atoms with E-state index in [1.807, 2.05) is 48.5 Å². The molecule has 0 spiro atoms. The largest absolute Gasteiger partial charge is 0.457 e. The fourth-order valence-corrected chi connectivity index (χ4v) is 8.01. The Hall–Kier alpha value is -7.43. The zero-order chi connectivity index (χ0) is 37.3. The molecule has 0 N–H and O–H groups in total. The molecule has 8 aromatic carbocycles. The van der Waals surface area contributed by atoms with E-state index in [4.69, 9.17) is 19.7 Å². The molecule has 0 fully saturated rings. The van der Waals surface area contributed by atoms with Crippen molar-refractivity contribution in [1.29, 1.82) is 0 Å². The predicted molar refractivity (Wildman–Crippen MR) is 225 cm³/mol. The van der Waals surface area contributed by atoms with Crippen LogP contribution in [0.2, 0.25) is 0 Å². The van der Waals surface area contributed by atoms with Crippen LogP contribution in [0.4, 0.5) is 0 Å². The zero-order valence-electron chi connectivity index (χ0n) is 30.5. The lowest BCUT2D eigenvalue weighted by atomic mass is 9.63. The fourth-order valence-electron chi connectivity index (χ4n) is 8.01. The molecule has 0 bridgehead atoms. The van der Waals surface area contributed by atoms with E-state index in [0.29, 0.717) is 17.5 Å². The minimum atomic E-state index is -0.568. The first-order valence-electron chi connectivity index (χ1n) is 18.9. The van der Waals surface area contributed by atoms with Crippen molar-refractivity contribution in [2.75, 3.05) is 0 Å². The van der Waals surface area contributed by atoms with Crippen LogP contribution in [-0.2, 0) is 5.41 Å². The fraction of sp³-hybridized carbons (Fsp3) is 0.0192. The number of nitrogens with zero attached hydrogens (tertiary/aromatic N) is 3. The molecule has 2 heterocycles. The van der Waals surface area contributed by atoms with Gasteiger partial charge in [0.25, 0.3) is 0 Å². The summed E-state index contributed by atoms with van der Waals surface area (Å²) in [6.07, 6.45) is 0. The van der Waals surface area contributed by atoms with Crippen molar-refractivity contribution in [3.63, 3.8) is 0 Å². The SMILES string of the molecule is c1ccc(-c2ccc(-c3nc(-c4ccccc4)nc(-c4cccc(-c5ccc(C6(c7ccccc7)c7ccccc7Oc7ccccc76)cc5)c4)n3)cc2)cc1. The Balaban J connectivity index is 1.06. The highest BCUT2D eigenvalue weighted by Gasteiger charge is 2.45. The van der Waals surface area contributed by atoms with Gasteiger partial charge >= 0.3 is 0 Å². The summed E-state index contributed by atoms with van der Waals surface area (Å²) in [7, 11) is 0. The first-order chi connectivity index (χ1) is 27.7. The quantitative estimate of drug-likeness (QED) is 0.165. The number of aromatic nitrogens is 3. The van der Waals surface area contributed by atoms with Gasteiger partial charge in [-0.15, -0.1) is 0 Å². The van der Waals surface area contributed by atoms with Gasteiger partial charge in [0.2, 0.25) is 0 Å². The van der Waals surface area contributed by atoms with Gasteiger partial charge in [0.1, 0.15) is 11.5 Å². The number of benzene rings is 8. The van der Waals surface area contributed by atoms with E-state index >= 15 is 0 Å². The van der Waals surface area contributed by atoms with Crippen molar-refractivity contribution in [1.82, 2.24) is 15.0 Å². The number of para-hydroxylation sites is 2. The molecule has 4 heteroatoms. The van der Waals surface area contributed by atoms with Crippen LogP contribution < -0.4 is 4.74 Å². The van der Waals surface area contributed by atoms with Crippen LogP contribution in [-0.4, -0.2) is 15.0 Å². The van der Waals surface area contributed by atoms with Crippen molar-refractivity contribution in [2.45, 2.75) is 5.41 Å². The highest BCUT2D eigenvalue weighted by molar-refractivity contribution is 5.75. The monoisotopic (exact) mass is 717 g/mol. The lowest BCUT2D eigenvalue weighted by molar-refractivity contribution is 0.434. The lowest BCUT2D eigenvalue weighted by Gasteiger charge is -2.41. The molecular formula is C52H35N3O. The summed E-state index contributed by atoms with van der Waals surface area (Å²) in [5, 5.41) is 0. The first kappa shape index (κ1) is 33.2. The Morgan fingerprint density at radius 2 is 0.661 bits per heavy atom. The summed E-state index contributed by atoms with van der Waals surface area (Å²) < 4.78 is 6.50. The van der Waals surface area contributed by atoms with E-state index in [0.717, 1.165) is 56.0 Å². The maximum atomic E-state index is 6.50. The van der Waals surface area contributed by atoms with Gasteiger partial charge < -0.3 is 4.74 Å². The highest BCUT2D eigenvalue weighted by Crippen LogP contribution is 2.55. The van der Waals surface area contributed by atoms with Gasteiger partial charge in [0, 0.05) is 27.8 Å². The highest BCUT2D eigenvalue weighted by atomic mass is 16.5. The third-order valence-corrected chi connectivity index (χ3v) is 10.7. The number of hydrogen-bond donors (Lipinski definition) is 0. The van der Waals surface area contributed by atoms with Crippen LogP contribution in [0, 0.1) is 0 Å². The van der Waals surface area contributed by atoms with Gasteiger partial charge in [-0.25, -0.2) is 15.0 Å². The molecule has 1 aliphatic rings. The van der Waals surface area contributed by atoms with Crippen LogP contribution >= 0.6 is 0 Å². The second-order valence-electron chi connectivity index (χ2n) is 14.0. The van der Waals surface area contributed by atoms with Gasteiger partial charge in [-0.05, 0) is 51.6 Å². The molecule has 264 valence electrons. The van der Waals surface area contributed by atoms with Gasteiger partial charge in [-0.3, -0.25) is 0 Å². The van der Waals surface area contributed by atoms with E-state index in [1.54, 1.807) is 0 Å². The van der Waals surface area contributed by atoms with Gasteiger partial charge in [-0.2, -0.15) is 0 Å². The summed E-state index contributed by atoms with van der Waals surface area (Å²) in [6.45, 7) is 0. The molecule has 0 saturated carbocycles. The van der Waals surface area contributed by atoms with Gasteiger partial charge in [0.05, 0.1) is 5.41 Å². The molecule has 0 atom stereocenters. The Morgan fingerprint density at radius 1 is 0.286 bits per heavy atom. The topological polar surface area (TPSA) is 47.9 Å². The summed E-state index contributed by atoms with van der Waals surface area (Å²) in [5.74, 6) is 3.62. The molecule has 0 unspecified atom stereocenters. The zero-order valence-corrected chi connectivity index (χ0v) is 30.5. The van der Waals surface area contributed by atoms with Crippen molar-refractivity contribution in [3.8, 4) is 67.9 Å². The second kappa shape index (κ2) is 14.1. The Morgan fingerprint density at radius 3 is 1.27 bits per heavy atom. The van der Waals surface area contributed by atoms with Crippen molar-refractivity contribution < 1.29 is 4.74 Å². The molecule has 9 aromatic rings. The molecule has 1 aliphatic heterocycles. The average Bonchev–Trinajstić information content (AvgIpc) is 3.29. The predicted octanol–water partition coefficient (Wildman–Crippen LogP) is 12.7. The first-order valence-corrected chi connectivity index (χ1v) is 18.9. The van der Waals surface area contributed by atoms with Gasteiger partial charge in [-0.1, -0.05) is 194 Å². The maximum absolute atomic E-state index is 6.50. The molecule has 0 saturated heterocycles. The standard InChI is InChI=1S/C52H35N3O/c1-4-15-36(16-5-1)37-27-29-40(30-28-37)50-53-49(39-17-6-2-7-18-39)54-51(55-50)42-20-14-19-41(35-42)38-31-33-44(34-32-38)52(43-21-8-3-9-22-43)45-23-10-12-25-47(45)56-48-26-13-11-24-46(48)52/h1-35H. The van der Waals surface area contributed by atoms with Gasteiger partial charge in [0.15, 0.2) is 17.5 Å². The van der Waals surface area contributed by atoms with E-state index in [1.165, 1.54) is 16.7 Å². The van der Waals surface area contributed by atoms with Crippen LogP contribution in [0.15, 0.2) is 212 Å². The molecule has 0 radical (unpaired) electrons. The normalized spacial score (nSPS) is 12.6. The molecular weight excluding hydrogens is 683 g/mol. The smallest absolute Gasteiger partial charge is 0.164 e. The summed E-state index contributed by atoms with van der Waals surface area (Å²) in [6, 6.07) is 73.9. The number of fused-ring (bicyclic) bond motifs is 2. The number of ether oxygens (including phenoxy) is 1. The molecule has 4 nitrogen and oxygen atoms in total. The molecule has 1 aromatic heterocycles. The second-order valence-corrected chi connectivity index (χ2v) is 14.0. The van der Waals surface area contributed by atoms with Crippen LogP contribution in [0.5, 0.6) is 11.5 Å². The van der Waals surface area contributed by atoms with E-state index in [9.17, 15) is 0 Å². The molecule has 0 amide bonds. The lowest BCUT2D eigenvalue weighted by Crippen LogP contribution is -2.34. The van der Waals surface area contributed by atoms with Crippen LogP contribution in [0.3, 0.4) is 0 Å². The summed E-state index contributed by atoms with van der Waals surface area (Å²) in [4.78, 5) is 15.1. The minimum Gasteiger partial charge on any atom is -0.457 e. The number of rotatable bonds is 7. The third-order valence-electron chi connectivity index (χ3n) is 10.7. The Kier molecular flexibility index (Phi) is 8.34. The number of hydrogen-bond acceptors (Lipinski definition) is 4. The Labute approximate surface area is 326 Å². The van der Waals surface area contributed by atoms with E-state index < -0.39 is 5.41 Å². The maximum Gasteiger partial charge on any atom is 0.164 e. The van der Waals surface area contributed by atoms with Crippen LogP contribution in [0.1, 0.15) is 22.3 Å². The molecule has 10 rings (SSSR count). The molecule has 0 aliphatic carbocycles. The molecule has 56 heavy (non-hydrogen) atoms. The van der Waals surface area contributed by atoms with E-state index in [-0.39, 0.29) is 0 Å². The van der Waals surface area contributed by atoms with Crippen LogP contribution in [0.25, 0.3) is 56.4 Å². The van der Waals surface area contributed by atoms with E-state index in [2.05, 4.69) is 164 Å². The minimum absolute atomic E-state index is 0.568. The summed E-state index contributed by atoms with van der Waals surface area (Å²) >= 11 is 0.